The van der Waals surface area contributed by atoms with Crippen molar-refractivity contribution in [2.75, 3.05) is 39.3 Å². The van der Waals surface area contributed by atoms with E-state index in [1.54, 1.807) is 0 Å². The van der Waals surface area contributed by atoms with Crippen LogP contribution in [0.25, 0.3) is 0 Å². The molecule has 0 radical (unpaired) electrons. The van der Waals surface area contributed by atoms with E-state index >= 15 is 0 Å². The van der Waals surface area contributed by atoms with Crippen molar-refractivity contribution >= 4 is 17.2 Å². The molecule has 26 heavy (non-hydrogen) atoms. The number of β-amino-alcohol motifs (C(OH)–C–C–N with tert-alkyl or cyclic N) is 1. The second-order valence-electron chi connectivity index (χ2n) is 6.66. The highest BCUT2D eigenvalue weighted by Crippen LogP contribution is 2.17. The van der Waals surface area contributed by atoms with Gasteiger partial charge in [0.05, 0.1) is 6.61 Å². The van der Waals surface area contributed by atoms with Crippen LogP contribution in [0.1, 0.15) is 16.7 Å². The highest BCUT2D eigenvalue weighted by Gasteiger charge is 2.19. The molecule has 0 atom stereocenters. The fourth-order valence-electron chi connectivity index (χ4n) is 3.04. The topological polar surface area (TPSA) is 35.9 Å². The monoisotopic (exact) mass is 370 g/mol. The lowest BCUT2D eigenvalue weighted by molar-refractivity contribution is 0.148. The summed E-state index contributed by atoms with van der Waals surface area (Å²) in [6.45, 7) is 7.31. The highest BCUT2D eigenvalue weighted by atomic mass is 32.1. The number of hydrogen-bond donors (Lipinski definition) is 1. The number of aliphatic hydroxyl groups is 1. The number of aryl methyl sites for hydroxylation is 1. The second-order valence-corrected chi connectivity index (χ2v) is 7.04. The van der Waals surface area contributed by atoms with Gasteiger partial charge in [0.2, 0.25) is 0 Å². The molecule has 1 saturated heterocycles. The Balaban J connectivity index is 1.52. The van der Waals surface area contributed by atoms with E-state index < -0.39 is 0 Å². The van der Waals surface area contributed by atoms with Gasteiger partial charge in [0.25, 0.3) is 0 Å². The molecule has 2 aromatic carbocycles. The molecule has 1 fully saturated rings. The first kappa shape index (κ1) is 18.8. The van der Waals surface area contributed by atoms with Crippen LogP contribution in [-0.2, 0) is 6.61 Å². The van der Waals surface area contributed by atoms with Gasteiger partial charge in [-0.25, -0.2) is 0 Å². The smallest absolute Gasteiger partial charge is 0.119 e. The Morgan fingerprint density at radius 2 is 1.65 bits per heavy atom. The lowest BCUT2D eigenvalue weighted by Gasteiger charge is -2.36. The van der Waals surface area contributed by atoms with Gasteiger partial charge in [0, 0.05) is 38.3 Å². The lowest BCUT2D eigenvalue weighted by Crippen LogP contribution is -2.49. The Morgan fingerprint density at radius 3 is 2.27 bits per heavy atom. The van der Waals surface area contributed by atoms with Crippen molar-refractivity contribution in [3.8, 4) is 5.75 Å². The van der Waals surface area contributed by atoms with Crippen LogP contribution in [0.3, 0.4) is 0 Å². The molecule has 0 unspecified atom stereocenters. The van der Waals surface area contributed by atoms with Crippen LogP contribution in [-0.4, -0.2) is 59.2 Å². The second kappa shape index (κ2) is 9.12. The van der Waals surface area contributed by atoms with E-state index in [9.17, 15) is 0 Å². The van der Waals surface area contributed by atoms with Gasteiger partial charge >= 0.3 is 0 Å². The number of benzene rings is 2. The van der Waals surface area contributed by atoms with Gasteiger partial charge in [-0.2, -0.15) is 0 Å². The summed E-state index contributed by atoms with van der Waals surface area (Å²) < 4.78 is 5.87. The summed E-state index contributed by atoms with van der Waals surface area (Å²) >= 11 is 5.66. The third-order valence-corrected chi connectivity index (χ3v) is 5.20. The number of ether oxygens (including phenoxy) is 1. The summed E-state index contributed by atoms with van der Waals surface area (Å²) in [6, 6.07) is 16.4. The highest BCUT2D eigenvalue weighted by molar-refractivity contribution is 7.80. The molecule has 0 saturated carbocycles. The first-order valence-electron chi connectivity index (χ1n) is 9.06. The molecule has 0 spiro atoms. The Labute approximate surface area is 161 Å². The van der Waals surface area contributed by atoms with E-state index in [0.717, 1.165) is 54.6 Å². The number of rotatable bonds is 6. The number of aliphatic hydroxyl groups excluding tert-OH is 1. The molecule has 1 aliphatic heterocycles. The predicted octanol–water partition coefficient (Wildman–Crippen LogP) is 2.86. The van der Waals surface area contributed by atoms with Crippen molar-refractivity contribution in [2.24, 2.45) is 0 Å². The number of piperazine rings is 1. The van der Waals surface area contributed by atoms with Gasteiger partial charge in [-0.15, -0.1) is 0 Å². The molecule has 4 nitrogen and oxygen atoms in total. The number of thiocarbonyl (C=S) groups is 1. The minimum atomic E-state index is 0.217. The van der Waals surface area contributed by atoms with Gasteiger partial charge in [0.15, 0.2) is 0 Å². The first-order chi connectivity index (χ1) is 12.7. The van der Waals surface area contributed by atoms with E-state index in [1.807, 2.05) is 24.3 Å². The van der Waals surface area contributed by atoms with Crippen LogP contribution < -0.4 is 4.74 Å². The van der Waals surface area contributed by atoms with Crippen LogP contribution in [0.15, 0.2) is 48.5 Å². The van der Waals surface area contributed by atoms with E-state index in [2.05, 4.69) is 41.0 Å². The summed E-state index contributed by atoms with van der Waals surface area (Å²) in [5.41, 5.74) is 3.47. The van der Waals surface area contributed by atoms with Gasteiger partial charge in [-0.05, 0) is 36.8 Å². The zero-order valence-electron chi connectivity index (χ0n) is 15.2. The summed E-state index contributed by atoms with van der Waals surface area (Å²) in [4.78, 5) is 5.39. The Kier molecular flexibility index (Phi) is 6.61. The summed E-state index contributed by atoms with van der Waals surface area (Å²) in [6.07, 6.45) is 0. The Hall–Kier alpha value is -1.95. The number of nitrogens with zero attached hydrogens (tertiary/aromatic N) is 2. The first-order valence-corrected chi connectivity index (χ1v) is 9.47. The normalized spacial score (nSPS) is 15.1. The van der Waals surface area contributed by atoms with E-state index in [1.165, 1.54) is 5.56 Å². The van der Waals surface area contributed by atoms with Crippen LogP contribution in [0, 0.1) is 6.92 Å². The fraction of sp³-hybridized carbons (Fsp3) is 0.381. The van der Waals surface area contributed by atoms with E-state index in [4.69, 9.17) is 22.1 Å². The summed E-state index contributed by atoms with van der Waals surface area (Å²) in [5, 5.41) is 9.03. The molecule has 1 heterocycles. The van der Waals surface area contributed by atoms with Gasteiger partial charge in [-0.1, -0.05) is 42.0 Å². The fourth-order valence-corrected chi connectivity index (χ4v) is 3.36. The van der Waals surface area contributed by atoms with Crippen LogP contribution in [0.5, 0.6) is 5.75 Å². The summed E-state index contributed by atoms with van der Waals surface area (Å²) in [5.74, 6) is 0.852. The zero-order chi connectivity index (χ0) is 18.4. The standard InChI is InChI=1S/C21H26N2O2S/c1-17-2-4-18(5-3-17)16-25-20-8-6-19(7-9-20)21(26)23-12-10-22(11-13-23)14-15-24/h2-9,24H,10-16H2,1H3. The maximum absolute atomic E-state index is 9.03. The Bertz CT molecular complexity index is 708. The van der Waals surface area contributed by atoms with Crippen molar-refractivity contribution < 1.29 is 9.84 Å². The molecule has 5 heteroatoms. The van der Waals surface area contributed by atoms with Gasteiger partial charge in [0.1, 0.15) is 17.3 Å². The molecular weight excluding hydrogens is 344 g/mol. The molecule has 1 N–H and O–H groups in total. The average molecular weight is 371 g/mol. The largest absolute Gasteiger partial charge is 0.489 e. The van der Waals surface area contributed by atoms with Crippen LogP contribution >= 0.6 is 12.2 Å². The third-order valence-electron chi connectivity index (χ3n) is 4.70. The van der Waals surface area contributed by atoms with Crippen molar-refractivity contribution in [1.82, 2.24) is 9.80 Å². The van der Waals surface area contributed by atoms with Gasteiger partial charge in [-0.3, -0.25) is 4.90 Å². The third kappa shape index (κ3) is 5.04. The molecule has 0 bridgehead atoms. The van der Waals surface area contributed by atoms with Crippen molar-refractivity contribution in [1.29, 1.82) is 0 Å². The van der Waals surface area contributed by atoms with E-state index in [0.29, 0.717) is 6.61 Å². The molecule has 138 valence electrons. The molecule has 2 aromatic rings. The molecule has 3 rings (SSSR count). The van der Waals surface area contributed by atoms with Crippen molar-refractivity contribution in [2.45, 2.75) is 13.5 Å². The summed E-state index contributed by atoms with van der Waals surface area (Å²) in [7, 11) is 0. The van der Waals surface area contributed by atoms with Crippen molar-refractivity contribution in [3.63, 3.8) is 0 Å². The van der Waals surface area contributed by atoms with Crippen LogP contribution in [0.2, 0.25) is 0 Å². The zero-order valence-corrected chi connectivity index (χ0v) is 16.0. The van der Waals surface area contributed by atoms with Crippen molar-refractivity contribution in [3.05, 3.63) is 65.2 Å². The van der Waals surface area contributed by atoms with E-state index in [-0.39, 0.29) is 6.61 Å². The SMILES string of the molecule is Cc1ccc(COc2ccc(C(=S)N3CCN(CCO)CC3)cc2)cc1. The predicted molar refractivity (Wildman–Crippen MR) is 109 cm³/mol. The minimum Gasteiger partial charge on any atom is -0.489 e. The molecule has 0 amide bonds. The van der Waals surface area contributed by atoms with Gasteiger partial charge < -0.3 is 14.7 Å². The molecule has 1 aliphatic rings. The van der Waals surface area contributed by atoms with Crippen LogP contribution in [0.4, 0.5) is 0 Å². The minimum absolute atomic E-state index is 0.217. The average Bonchev–Trinajstić information content (AvgIpc) is 2.68. The molecular formula is C21H26N2O2S. The lowest BCUT2D eigenvalue weighted by atomic mass is 10.1. The maximum atomic E-state index is 9.03. The molecule has 0 aliphatic carbocycles. The Morgan fingerprint density at radius 1 is 1.00 bits per heavy atom. The molecule has 0 aromatic heterocycles. The quantitative estimate of drug-likeness (QED) is 0.791. The number of hydrogen-bond acceptors (Lipinski definition) is 4. The maximum Gasteiger partial charge on any atom is 0.119 e.